The standard InChI is InChI=1S/C19H20N4O3/c24-16(8-9-17-22-23-19(26-17)13-4-1-2-5-13)21-15-7-3-6-14(12-15)18-20-10-11-25-18/h3,6-7,10-13H,1-2,4-5,8-9H2,(H,21,24). The molecule has 2 aromatic heterocycles. The molecule has 134 valence electrons. The molecule has 0 aliphatic heterocycles. The SMILES string of the molecule is O=C(CCc1nnc(C2CCCC2)o1)Nc1cccc(-c2ncco2)c1. The van der Waals surface area contributed by atoms with Gasteiger partial charge < -0.3 is 14.2 Å². The van der Waals surface area contributed by atoms with Gasteiger partial charge in [-0.1, -0.05) is 18.9 Å². The Hall–Kier alpha value is -2.96. The van der Waals surface area contributed by atoms with E-state index < -0.39 is 0 Å². The Labute approximate surface area is 150 Å². The van der Waals surface area contributed by atoms with E-state index in [1.54, 1.807) is 6.20 Å². The van der Waals surface area contributed by atoms with Crippen LogP contribution in [0.5, 0.6) is 0 Å². The highest BCUT2D eigenvalue weighted by Crippen LogP contribution is 2.33. The summed E-state index contributed by atoms with van der Waals surface area (Å²) in [5.41, 5.74) is 1.51. The lowest BCUT2D eigenvalue weighted by Gasteiger charge is -2.05. The summed E-state index contributed by atoms with van der Waals surface area (Å²) >= 11 is 0. The average Bonchev–Trinajstić information content (AvgIpc) is 3.42. The zero-order chi connectivity index (χ0) is 17.8. The minimum atomic E-state index is -0.102. The van der Waals surface area contributed by atoms with Crippen molar-refractivity contribution in [2.75, 3.05) is 5.32 Å². The predicted octanol–water partition coefficient (Wildman–Crippen LogP) is 3.95. The highest BCUT2D eigenvalue weighted by atomic mass is 16.4. The molecule has 1 saturated carbocycles. The Balaban J connectivity index is 1.32. The molecule has 1 aliphatic carbocycles. The molecule has 1 aromatic carbocycles. The fourth-order valence-electron chi connectivity index (χ4n) is 3.25. The second kappa shape index (κ2) is 7.51. The Morgan fingerprint density at radius 3 is 2.92 bits per heavy atom. The van der Waals surface area contributed by atoms with Crippen LogP contribution in [-0.4, -0.2) is 21.1 Å². The van der Waals surface area contributed by atoms with Gasteiger partial charge in [0.2, 0.25) is 23.6 Å². The van der Waals surface area contributed by atoms with Crippen LogP contribution in [0.3, 0.4) is 0 Å². The number of aromatic nitrogens is 3. The molecule has 4 rings (SSSR count). The van der Waals surface area contributed by atoms with Gasteiger partial charge in [-0.15, -0.1) is 10.2 Å². The van der Waals surface area contributed by atoms with Crippen molar-refractivity contribution in [3.63, 3.8) is 0 Å². The van der Waals surface area contributed by atoms with Crippen molar-refractivity contribution < 1.29 is 13.6 Å². The number of rotatable bonds is 6. The summed E-state index contributed by atoms with van der Waals surface area (Å²) in [5, 5.41) is 11.1. The first-order valence-corrected chi connectivity index (χ1v) is 8.90. The highest BCUT2D eigenvalue weighted by Gasteiger charge is 2.22. The third-order valence-corrected chi connectivity index (χ3v) is 4.58. The molecule has 7 heteroatoms. The number of nitrogens with zero attached hydrogens (tertiary/aromatic N) is 3. The van der Waals surface area contributed by atoms with E-state index in [9.17, 15) is 4.79 Å². The first kappa shape index (κ1) is 16.5. The first-order valence-electron chi connectivity index (χ1n) is 8.90. The van der Waals surface area contributed by atoms with Gasteiger partial charge in [-0.25, -0.2) is 4.98 Å². The number of nitrogens with one attached hydrogen (secondary N) is 1. The number of carbonyl (C=O) groups is 1. The number of hydrogen-bond acceptors (Lipinski definition) is 6. The molecule has 1 amide bonds. The molecule has 3 aromatic rings. The Morgan fingerprint density at radius 1 is 1.23 bits per heavy atom. The summed E-state index contributed by atoms with van der Waals surface area (Å²) in [4.78, 5) is 16.3. The summed E-state index contributed by atoms with van der Waals surface area (Å²) < 4.78 is 11.0. The maximum atomic E-state index is 12.2. The molecule has 0 unspecified atom stereocenters. The third kappa shape index (κ3) is 3.82. The van der Waals surface area contributed by atoms with Crippen molar-refractivity contribution in [1.29, 1.82) is 0 Å². The molecule has 7 nitrogen and oxygen atoms in total. The fraction of sp³-hybridized carbons (Fsp3) is 0.368. The van der Waals surface area contributed by atoms with Crippen molar-refractivity contribution in [3.8, 4) is 11.5 Å². The molecular formula is C19H20N4O3. The van der Waals surface area contributed by atoms with E-state index in [1.165, 1.54) is 19.1 Å². The van der Waals surface area contributed by atoms with Crippen molar-refractivity contribution >= 4 is 11.6 Å². The molecule has 0 spiro atoms. The van der Waals surface area contributed by atoms with E-state index in [1.807, 2.05) is 24.3 Å². The molecule has 1 fully saturated rings. The van der Waals surface area contributed by atoms with Crippen LogP contribution in [0.1, 0.15) is 49.8 Å². The number of aryl methyl sites for hydroxylation is 1. The van der Waals surface area contributed by atoms with E-state index >= 15 is 0 Å². The first-order chi connectivity index (χ1) is 12.8. The zero-order valence-corrected chi connectivity index (χ0v) is 14.4. The second-order valence-corrected chi connectivity index (χ2v) is 6.48. The van der Waals surface area contributed by atoms with E-state index in [0.717, 1.165) is 24.3 Å². The molecule has 0 atom stereocenters. The van der Waals surface area contributed by atoms with Crippen molar-refractivity contribution in [2.45, 2.75) is 44.4 Å². The smallest absolute Gasteiger partial charge is 0.225 e. The molecule has 2 heterocycles. The summed E-state index contributed by atoms with van der Waals surface area (Å²) in [5.74, 6) is 2.05. The molecule has 0 bridgehead atoms. The molecule has 0 radical (unpaired) electrons. The maximum absolute atomic E-state index is 12.2. The average molecular weight is 352 g/mol. The lowest BCUT2D eigenvalue weighted by atomic mass is 10.1. The summed E-state index contributed by atoms with van der Waals surface area (Å²) in [6.45, 7) is 0. The summed E-state index contributed by atoms with van der Waals surface area (Å²) in [6.07, 6.45) is 8.50. The quantitative estimate of drug-likeness (QED) is 0.722. The highest BCUT2D eigenvalue weighted by molar-refractivity contribution is 5.91. The monoisotopic (exact) mass is 352 g/mol. The van der Waals surface area contributed by atoms with Crippen LogP contribution in [0.2, 0.25) is 0 Å². The minimum Gasteiger partial charge on any atom is -0.445 e. The van der Waals surface area contributed by atoms with Gasteiger partial charge in [0, 0.05) is 30.0 Å². The number of anilines is 1. The zero-order valence-electron chi connectivity index (χ0n) is 14.4. The van der Waals surface area contributed by atoms with Crippen molar-refractivity contribution in [3.05, 3.63) is 48.5 Å². The third-order valence-electron chi connectivity index (χ3n) is 4.58. The van der Waals surface area contributed by atoms with Crippen LogP contribution in [0.25, 0.3) is 11.5 Å². The van der Waals surface area contributed by atoms with E-state index in [2.05, 4.69) is 20.5 Å². The van der Waals surface area contributed by atoms with Crippen molar-refractivity contribution in [1.82, 2.24) is 15.2 Å². The molecule has 26 heavy (non-hydrogen) atoms. The van der Waals surface area contributed by atoms with Gasteiger partial charge in [0.05, 0.1) is 6.20 Å². The number of benzene rings is 1. The van der Waals surface area contributed by atoms with Crippen LogP contribution in [0.15, 0.2) is 45.6 Å². The van der Waals surface area contributed by atoms with E-state index in [-0.39, 0.29) is 12.3 Å². The van der Waals surface area contributed by atoms with Gasteiger partial charge in [-0.05, 0) is 31.0 Å². The van der Waals surface area contributed by atoms with Gasteiger partial charge in [-0.3, -0.25) is 4.79 Å². The van der Waals surface area contributed by atoms with Crippen molar-refractivity contribution in [2.24, 2.45) is 0 Å². The Kier molecular flexibility index (Phi) is 4.77. The molecular weight excluding hydrogens is 332 g/mol. The number of hydrogen-bond donors (Lipinski definition) is 1. The van der Waals surface area contributed by atoms with Gasteiger partial charge >= 0.3 is 0 Å². The molecule has 1 aliphatic rings. The normalized spacial score (nSPS) is 14.6. The van der Waals surface area contributed by atoms with E-state index in [4.69, 9.17) is 8.83 Å². The minimum absolute atomic E-state index is 0.102. The van der Waals surface area contributed by atoms with Gasteiger partial charge in [0.25, 0.3) is 0 Å². The van der Waals surface area contributed by atoms with Crippen LogP contribution < -0.4 is 5.32 Å². The fourth-order valence-corrected chi connectivity index (χ4v) is 3.25. The number of amides is 1. The lowest BCUT2D eigenvalue weighted by Crippen LogP contribution is -2.12. The van der Waals surface area contributed by atoms with Gasteiger partial charge in [0.15, 0.2) is 0 Å². The van der Waals surface area contributed by atoms with Crippen LogP contribution in [0, 0.1) is 0 Å². The van der Waals surface area contributed by atoms with Crippen LogP contribution in [0.4, 0.5) is 5.69 Å². The number of oxazole rings is 1. The number of carbonyl (C=O) groups excluding carboxylic acids is 1. The summed E-state index contributed by atoms with van der Waals surface area (Å²) in [6, 6.07) is 7.38. The maximum Gasteiger partial charge on any atom is 0.225 e. The van der Waals surface area contributed by atoms with Gasteiger partial charge in [0.1, 0.15) is 6.26 Å². The second-order valence-electron chi connectivity index (χ2n) is 6.48. The van der Waals surface area contributed by atoms with Crippen LogP contribution in [-0.2, 0) is 11.2 Å². The largest absolute Gasteiger partial charge is 0.445 e. The molecule has 1 N–H and O–H groups in total. The lowest BCUT2D eigenvalue weighted by molar-refractivity contribution is -0.116. The molecule has 0 saturated heterocycles. The van der Waals surface area contributed by atoms with Crippen LogP contribution >= 0.6 is 0 Å². The van der Waals surface area contributed by atoms with Gasteiger partial charge in [-0.2, -0.15) is 0 Å². The predicted molar refractivity (Wildman–Crippen MR) is 94.4 cm³/mol. The van der Waals surface area contributed by atoms with E-state index in [0.29, 0.717) is 29.8 Å². The topological polar surface area (TPSA) is 94.0 Å². The summed E-state index contributed by atoms with van der Waals surface area (Å²) in [7, 11) is 0. The Morgan fingerprint density at radius 2 is 2.12 bits per heavy atom. The Bertz CT molecular complexity index is 867.